The Hall–Kier alpha value is -1.31. The van der Waals surface area contributed by atoms with Crippen molar-refractivity contribution in [1.82, 2.24) is 0 Å². The van der Waals surface area contributed by atoms with Gasteiger partial charge < -0.3 is 5.11 Å². The first kappa shape index (κ1) is 11.8. The molecule has 0 aliphatic heterocycles. The molecule has 0 saturated heterocycles. The summed E-state index contributed by atoms with van der Waals surface area (Å²) in [6.45, 7) is 6.36. The van der Waals surface area contributed by atoms with Crippen LogP contribution >= 0.6 is 0 Å². The lowest BCUT2D eigenvalue weighted by molar-refractivity contribution is 0.0696. The van der Waals surface area contributed by atoms with E-state index in [1.807, 2.05) is 12.1 Å². The fraction of sp³-hybridized carbons (Fsp3) is 0.462. The van der Waals surface area contributed by atoms with Crippen LogP contribution in [0.1, 0.15) is 54.6 Å². The van der Waals surface area contributed by atoms with Crippen molar-refractivity contribution in [3.05, 3.63) is 34.9 Å². The van der Waals surface area contributed by atoms with Crippen LogP contribution in [0.3, 0.4) is 0 Å². The molecule has 0 unspecified atom stereocenters. The SMILES string of the molecule is CCc1ccc(C(=O)O)cc1[C@@H](C)CC. The van der Waals surface area contributed by atoms with Gasteiger partial charge in [0.25, 0.3) is 0 Å². The summed E-state index contributed by atoms with van der Waals surface area (Å²) < 4.78 is 0. The molecular weight excluding hydrogens is 188 g/mol. The normalized spacial score (nSPS) is 12.5. The van der Waals surface area contributed by atoms with E-state index in [4.69, 9.17) is 5.11 Å². The number of rotatable bonds is 4. The maximum atomic E-state index is 10.9. The Morgan fingerprint density at radius 2 is 2.07 bits per heavy atom. The fourth-order valence-corrected chi connectivity index (χ4v) is 1.73. The van der Waals surface area contributed by atoms with Crippen molar-refractivity contribution in [2.75, 3.05) is 0 Å². The van der Waals surface area contributed by atoms with Crippen molar-refractivity contribution in [2.24, 2.45) is 0 Å². The molecule has 0 heterocycles. The van der Waals surface area contributed by atoms with Crippen molar-refractivity contribution in [3.8, 4) is 0 Å². The summed E-state index contributed by atoms with van der Waals surface area (Å²) >= 11 is 0. The maximum absolute atomic E-state index is 10.9. The summed E-state index contributed by atoms with van der Waals surface area (Å²) in [5.74, 6) is -0.415. The smallest absolute Gasteiger partial charge is 0.335 e. The molecule has 1 N–H and O–H groups in total. The van der Waals surface area contributed by atoms with Crippen molar-refractivity contribution in [1.29, 1.82) is 0 Å². The number of hydrogen-bond donors (Lipinski definition) is 1. The topological polar surface area (TPSA) is 37.3 Å². The van der Waals surface area contributed by atoms with E-state index in [0.29, 0.717) is 11.5 Å². The number of carboxylic acids is 1. The predicted molar refractivity (Wildman–Crippen MR) is 61.5 cm³/mol. The monoisotopic (exact) mass is 206 g/mol. The molecule has 15 heavy (non-hydrogen) atoms. The Morgan fingerprint density at radius 1 is 1.40 bits per heavy atom. The Kier molecular flexibility index (Phi) is 3.89. The highest BCUT2D eigenvalue weighted by Gasteiger charge is 2.11. The van der Waals surface area contributed by atoms with Gasteiger partial charge in [-0.1, -0.05) is 26.8 Å². The average molecular weight is 206 g/mol. The first-order valence-electron chi connectivity index (χ1n) is 5.46. The molecule has 1 aromatic carbocycles. The van der Waals surface area contributed by atoms with Crippen LogP contribution in [-0.2, 0) is 6.42 Å². The Morgan fingerprint density at radius 3 is 2.53 bits per heavy atom. The van der Waals surface area contributed by atoms with Crippen LogP contribution in [0.15, 0.2) is 18.2 Å². The Bertz CT molecular complexity index is 356. The summed E-state index contributed by atoms with van der Waals surface area (Å²) in [7, 11) is 0. The molecule has 0 fully saturated rings. The van der Waals surface area contributed by atoms with E-state index in [2.05, 4.69) is 20.8 Å². The quantitative estimate of drug-likeness (QED) is 0.819. The first-order chi connectivity index (χ1) is 7.10. The lowest BCUT2D eigenvalue weighted by atomic mass is 9.91. The second-order valence-corrected chi connectivity index (χ2v) is 3.88. The third kappa shape index (κ3) is 2.58. The van der Waals surface area contributed by atoms with Crippen molar-refractivity contribution in [3.63, 3.8) is 0 Å². The molecular formula is C13H18O2. The number of carboxylic acid groups (broad SMARTS) is 1. The van der Waals surface area contributed by atoms with E-state index in [0.717, 1.165) is 12.8 Å². The van der Waals surface area contributed by atoms with Gasteiger partial charge in [-0.2, -0.15) is 0 Å². The average Bonchev–Trinajstić information content (AvgIpc) is 2.27. The third-order valence-electron chi connectivity index (χ3n) is 2.92. The van der Waals surface area contributed by atoms with Crippen molar-refractivity contribution < 1.29 is 9.90 Å². The summed E-state index contributed by atoms with van der Waals surface area (Å²) in [5.41, 5.74) is 2.83. The zero-order valence-corrected chi connectivity index (χ0v) is 9.58. The summed E-state index contributed by atoms with van der Waals surface area (Å²) in [4.78, 5) is 10.9. The van der Waals surface area contributed by atoms with Crippen LogP contribution < -0.4 is 0 Å². The highest BCUT2D eigenvalue weighted by Crippen LogP contribution is 2.24. The van der Waals surface area contributed by atoms with Crippen LogP contribution in [0.4, 0.5) is 0 Å². The van der Waals surface area contributed by atoms with E-state index in [-0.39, 0.29) is 0 Å². The van der Waals surface area contributed by atoms with Gasteiger partial charge in [0.2, 0.25) is 0 Å². The van der Waals surface area contributed by atoms with Crippen LogP contribution in [0, 0.1) is 0 Å². The second-order valence-electron chi connectivity index (χ2n) is 3.88. The van der Waals surface area contributed by atoms with Crippen LogP contribution in [0.25, 0.3) is 0 Å². The van der Waals surface area contributed by atoms with Crippen molar-refractivity contribution in [2.45, 2.75) is 39.5 Å². The van der Waals surface area contributed by atoms with E-state index in [9.17, 15) is 4.79 Å². The molecule has 82 valence electrons. The number of aryl methyl sites for hydroxylation is 1. The second kappa shape index (κ2) is 4.96. The van der Waals surface area contributed by atoms with Crippen LogP contribution in [0.2, 0.25) is 0 Å². The molecule has 1 rings (SSSR count). The Balaban J connectivity index is 3.18. The van der Waals surface area contributed by atoms with Gasteiger partial charge in [-0.25, -0.2) is 4.79 Å². The van der Waals surface area contributed by atoms with E-state index in [1.54, 1.807) is 6.07 Å². The molecule has 0 radical (unpaired) electrons. The molecule has 0 amide bonds. The molecule has 2 nitrogen and oxygen atoms in total. The minimum Gasteiger partial charge on any atom is -0.478 e. The van der Waals surface area contributed by atoms with Crippen LogP contribution in [-0.4, -0.2) is 11.1 Å². The number of benzene rings is 1. The van der Waals surface area contributed by atoms with Gasteiger partial charge in [0.15, 0.2) is 0 Å². The minimum absolute atomic E-state index is 0.391. The van der Waals surface area contributed by atoms with E-state index < -0.39 is 5.97 Å². The molecule has 0 bridgehead atoms. The largest absolute Gasteiger partial charge is 0.478 e. The van der Waals surface area contributed by atoms with Crippen molar-refractivity contribution >= 4 is 5.97 Å². The molecule has 0 aliphatic rings. The fourth-order valence-electron chi connectivity index (χ4n) is 1.73. The number of hydrogen-bond acceptors (Lipinski definition) is 1. The summed E-state index contributed by atoms with van der Waals surface area (Å²) in [6.07, 6.45) is 2.00. The molecule has 0 aliphatic carbocycles. The van der Waals surface area contributed by atoms with Gasteiger partial charge in [0.05, 0.1) is 5.56 Å². The molecule has 2 heteroatoms. The van der Waals surface area contributed by atoms with Gasteiger partial charge in [-0.3, -0.25) is 0 Å². The maximum Gasteiger partial charge on any atom is 0.335 e. The lowest BCUT2D eigenvalue weighted by Gasteiger charge is -2.14. The molecule has 1 aromatic rings. The first-order valence-corrected chi connectivity index (χ1v) is 5.46. The number of carbonyl (C=O) groups is 1. The standard InChI is InChI=1S/C13H18O2/c1-4-9(3)12-8-11(13(14)15)7-6-10(12)5-2/h6-9H,4-5H2,1-3H3,(H,14,15)/t9-/m0/s1. The summed E-state index contributed by atoms with van der Waals surface area (Å²) in [6, 6.07) is 5.44. The zero-order chi connectivity index (χ0) is 11.4. The lowest BCUT2D eigenvalue weighted by Crippen LogP contribution is -2.03. The minimum atomic E-state index is -0.845. The van der Waals surface area contributed by atoms with Gasteiger partial charge in [-0.05, 0) is 42.0 Å². The predicted octanol–water partition coefficient (Wildman–Crippen LogP) is 3.46. The Labute approximate surface area is 90.9 Å². The van der Waals surface area contributed by atoms with Gasteiger partial charge in [-0.15, -0.1) is 0 Å². The van der Waals surface area contributed by atoms with Gasteiger partial charge in [0.1, 0.15) is 0 Å². The van der Waals surface area contributed by atoms with E-state index in [1.165, 1.54) is 11.1 Å². The highest BCUT2D eigenvalue weighted by atomic mass is 16.4. The van der Waals surface area contributed by atoms with Crippen LogP contribution in [0.5, 0.6) is 0 Å². The summed E-state index contributed by atoms with van der Waals surface area (Å²) in [5, 5.41) is 8.93. The molecule has 1 atom stereocenters. The highest BCUT2D eigenvalue weighted by molar-refractivity contribution is 5.87. The molecule has 0 aromatic heterocycles. The number of aromatic carboxylic acids is 1. The van der Waals surface area contributed by atoms with Gasteiger partial charge in [0, 0.05) is 0 Å². The van der Waals surface area contributed by atoms with Gasteiger partial charge >= 0.3 is 5.97 Å². The third-order valence-corrected chi connectivity index (χ3v) is 2.92. The zero-order valence-electron chi connectivity index (χ0n) is 9.58. The van der Waals surface area contributed by atoms with E-state index >= 15 is 0 Å². The molecule has 0 spiro atoms. The molecule has 0 saturated carbocycles.